The lowest BCUT2D eigenvalue weighted by atomic mass is 9.80. The Labute approximate surface area is 271 Å². The topological polar surface area (TPSA) is 176 Å². The number of amides is 4. The molecule has 0 saturated carbocycles. The molecule has 2 aromatic heterocycles. The smallest absolute Gasteiger partial charge is 0.246 e. The second-order valence-corrected chi connectivity index (χ2v) is 11.4. The Morgan fingerprint density at radius 3 is 1.79 bits per heavy atom. The molecule has 0 aliphatic carbocycles. The number of unbranched alkanes of at least 4 members (excludes halogenated alkanes) is 2. The molecule has 11 heteroatoms. The number of aliphatic hydroxyl groups is 1. The van der Waals surface area contributed by atoms with Crippen LogP contribution in [0.5, 0.6) is 0 Å². The molecule has 240 valence electrons. The van der Waals surface area contributed by atoms with Gasteiger partial charge in [0, 0.05) is 35.3 Å². The summed E-state index contributed by atoms with van der Waals surface area (Å²) in [7, 11) is 0. The molecule has 6 N–H and O–H groups in total. The van der Waals surface area contributed by atoms with Gasteiger partial charge < -0.3 is 26.8 Å². The fourth-order valence-electron chi connectivity index (χ4n) is 5.32. The number of aliphatic hydroxyl groups excluding tert-OH is 1. The van der Waals surface area contributed by atoms with Gasteiger partial charge in [0.2, 0.25) is 23.6 Å². The summed E-state index contributed by atoms with van der Waals surface area (Å²) in [5, 5.41) is 19.9. The second-order valence-electron chi connectivity index (χ2n) is 11.4. The molecule has 0 aliphatic rings. The minimum Gasteiger partial charge on any atom is -0.383 e. The first-order valence-corrected chi connectivity index (χ1v) is 15.3. The van der Waals surface area contributed by atoms with E-state index in [0.717, 1.165) is 10.8 Å². The van der Waals surface area contributed by atoms with Crippen LogP contribution in [-0.2, 0) is 24.6 Å². The zero-order chi connectivity index (χ0) is 33.4. The SMILES string of the molecule is CC(C(=O)Nc1cccc2cccnc12)(C(=O)Nc1cccc2cccnc12)c1ccc(NC(=O)CCCCCC(O)C(N)=O)cc1. The van der Waals surface area contributed by atoms with Gasteiger partial charge >= 0.3 is 0 Å². The van der Waals surface area contributed by atoms with Gasteiger partial charge in [-0.05, 0) is 61.7 Å². The van der Waals surface area contributed by atoms with Crippen LogP contribution < -0.4 is 21.7 Å². The van der Waals surface area contributed by atoms with Gasteiger partial charge in [-0.2, -0.15) is 0 Å². The van der Waals surface area contributed by atoms with E-state index in [1.54, 1.807) is 67.8 Å². The Hall–Kier alpha value is -5.68. The predicted molar refractivity (Wildman–Crippen MR) is 181 cm³/mol. The van der Waals surface area contributed by atoms with Crippen LogP contribution in [0.1, 0.15) is 44.6 Å². The summed E-state index contributed by atoms with van der Waals surface area (Å²) in [5.74, 6) is -2.11. The molecule has 5 rings (SSSR count). The predicted octanol–water partition coefficient (Wildman–Crippen LogP) is 5.05. The zero-order valence-corrected chi connectivity index (χ0v) is 25.9. The van der Waals surface area contributed by atoms with Crippen molar-refractivity contribution in [3.63, 3.8) is 0 Å². The standard InChI is InChI=1S/C36H36N6O5/c1-36(34(46)41-27-13-5-9-23-11-7-21-38-31(23)27,35(47)42-28-14-6-10-24-12-8-22-39-32(24)28)25-17-19-26(20-18-25)40-30(44)16-4-2-3-15-29(43)33(37)45/h5-14,17-22,29,43H,2-4,15-16H2,1H3,(H2,37,45)(H,40,44)(H,41,46)(H,42,47). The molecule has 1 atom stereocenters. The molecule has 0 radical (unpaired) electrons. The monoisotopic (exact) mass is 632 g/mol. The summed E-state index contributed by atoms with van der Waals surface area (Å²) in [5.41, 5.74) is 6.36. The Morgan fingerprint density at radius 1 is 0.723 bits per heavy atom. The summed E-state index contributed by atoms with van der Waals surface area (Å²) in [6.45, 7) is 1.55. The highest BCUT2D eigenvalue weighted by Crippen LogP contribution is 2.32. The number of rotatable bonds is 13. The number of para-hydroxylation sites is 2. The Morgan fingerprint density at radius 2 is 1.26 bits per heavy atom. The Balaban J connectivity index is 1.36. The number of nitrogens with one attached hydrogen (secondary N) is 3. The van der Waals surface area contributed by atoms with Crippen molar-refractivity contribution in [1.29, 1.82) is 0 Å². The second kappa shape index (κ2) is 14.6. The molecule has 0 bridgehead atoms. The van der Waals surface area contributed by atoms with Crippen molar-refractivity contribution in [3.05, 3.63) is 103 Å². The van der Waals surface area contributed by atoms with Crippen molar-refractivity contribution >= 4 is 62.5 Å². The molecule has 1 unspecified atom stereocenters. The number of nitrogens with zero attached hydrogens (tertiary/aromatic N) is 2. The van der Waals surface area contributed by atoms with E-state index in [1.165, 1.54) is 0 Å². The van der Waals surface area contributed by atoms with Crippen LogP contribution in [0, 0.1) is 0 Å². The lowest BCUT2D eigenvalue weighted by Gasteiger charge is -2.28. The molecule has 0 saturated heterocycles. The lowest BCUT2D eigenvalue weighted by Crippen LogP contribution is -2.47. The molecular weight excluding hydrogens is 596 g/mol. The zero-order valence-electron chi connectivity index (χ0n) is 25.9. The van der Waals surface area contributed by atoms with Crippen molar-refractivity contribution in [3.8, 4) is 0 Å². The van der Waals surface area contributed by atoms with Crippen molar-refractivity contribution < 1.29 is 24.3 Å². The van der Waals surface area contributed by atoms with E-state index in [0.29, 0.717) is 52.9 Å². The lowest BCUT2D eigenvalue weighted by molar-refractivity contribution is -0.131. The number of hydrogen-bond donors (Lipinski definition) is 5. The fourth-order valence-corrected chi connectivity index (χ4v) is 5.32. The Bertz CT molecular complexity index is 1820. The van der Waals surface area contributed by atoms with E-state index in [-0.39, 0.29) is 18.7 Å². The molecule has 4 amide bonds. The molecule has 0 fully saturated rings. The molecule has 47 heavy (non-hydrogen) atoms. The van der Waals surface area contributed by atoms with Crippen LogP contribution in [0.4, 0.5) is 17.1 Å². The van der Waals surface area contributed by atoms with E-state index < -0.39 is 29.2 Å². The number of benzene rings is 3. The summed E-state index contributed by atoms with van der Waals surface area (Å²) in [6.07, 6.45) is 4.39. The van der Waals surface area contributed by atoms with Crippen molar-refractivity contribution in [2.24, 2.45) is 5.73 Å². The van der Waals surface area contributed by atoms with E-state index in [9.17, 15) is 24.3 Å². The minimum absolute atomic E-state index is 0.210. The minimum atomic E-state index is -1.72. The highest BCUT2D eigenvalue weighted by atomic mass is 16.3. The first-order valence-electron chi connectivity index (χ1n) is 15.3. The molecule has 3 aromatic carbocycles. The van der Waals surface area contributed by atoms with Gasteiger partial charge in [0.25, 0.3) is 0 Å². The third kappa shape index (κ3) is 7.59. The summed E-state index contributed by atoms with van der Waals surface area (Å²) < 4.78 is 0. The van der Waals surface area contributed by atoms with Gasteiger partial charge in [-0.3, -0.25) is 29.1 Å². The van der Waals surface area contributed by atoms with Gasteiger partial charge in [0.15, 0.2) is 5.41 Å². The van der Waals surface area contributed by atoms with Gasteiger partial charge in [-0.15, -0.1) is 0 Å². The third-order valence-corrected chi connectivity index (χ3v) is 8.13. The van der Waals surface area contributed by atoms with Crippen LogP contribution in [0.3, 0.4) is 0 Å². The summed E-state index contributed by atoms with van der Waals surface area (Å²) in [4.78, 5) is 60.7. The summed E-state index contributed by atoms with van der Waals surface area (Å²) in [6, 6.07) is 24.8. The molecule has 2 heterocycles. The normalized spacial score (nSPS) is 12.0. The van der Waals surface area contributed by atoms with Crippen molar-refractivity contribution in [2.45, 2.75) is 50.5 Å². The number of carbonyl (C=O) groups excluding carboxylic acids is 4. The first-order chi connectivity index (χ1) is 22.7. The number of fused-ring (bicyclic) bond motifs is 2. The number of carbonyl (C=O) groups is 4. The van der Waals surface area contributed by atoms with E-state index in [4.69, 9.17) is 5.73 Å². The van der Waals surface area contributed by atoms with E-state index in [2.05, 4.69) is 25.9 Å². The van der Waals surface area contributed by atoms with Crippen LogP contribution >= 0.6 is 0 Å². The number of pyridine rings is 2. The fraction of sp³-hybridized carbons (Fsp3) is 0.222. The number of hydrogen-bond acceptors (Lipinski definition) is 7. The number of nitrogens with two attached hydrogens (primary N) is 1. The highest BCUT2D eigenvalue weighted by molar-refractivity contribution is 6.21. The van der Waals surface area contributed by atoms with Crippen molar-refractivity contribution in [1.82, 2.24) is 9.97 Å². The molecular formula is C36H36N6O5. The number of primary amides is 1. The van der Waals surface area contributed by atoms with Crippen LogP contribution in [-0.4, -0.2) is 44.8 Å². The summed E-state index contributed by atoms with van der Waals surface area (Å²) >= 11 is 0. The number of aromatic nitrogens is 2. The molecule has 11 nitrogen and oxygen atoms in total. The average Bonchev–Trinajstić information content (AvgIpc) is 3.08. The van der Waals surface area contributed by atoms with Gasteiger partial charge in [-0.25, -0.2) is 0 Å². The maximum Gasteiger partial charge on any atom is 0.246 e. The van der Waals surface area contributed by atoms with E-state index >= 15 is 0 Å². The molecule has 5 aromatic rings. The van der Waals surface area contributed by atoms with Gasteiger partial charge in [0.1, 0.15) is 6.10 Å². The average molecular weight is 633 g/mol. The van der Waals surface area contributed by atoms with Gasteiger partial charge in [0.05, 0.1) is 22.4 Å². The van der Waals surface area contributed by atoms with E-state index in [1.807, 2.05) is 36.4 Å². The third-order valence-electron chi connectivity index (χ3n) is 8.13. The molecule has 0 aliphatic heterocycles. The Kier molecular flexibility index (Phi) is 10.2. The van der Waals surface area contributed by atoms with Crippen LogP contribution in [0.25, 0.3) is 21.8 Å². The highest BCUT2D eigenvalue weighted by Gasteiger charge is 2.43. The van der Waals surface area contributed by atoms with Gasteiger partial charge in [-0.1, -0.05) is 61.4 Å². The quantitative estimate of drug-likeness (QED) is 0.0891. The number of anilines is 3. The van der Waals surface area contributed by atoms with Crippen LogP contribution in [0.2, 0.25) is 0 Å². The van der Waals surface area contributed by atoms with Crippen LogP contribution in [0.15, 0.2) is 97.3 Å². The van der Waals surface area contributed by atoms with Crippen molar-refractivity contribution in [2.75, 3.05) is 16.0 Å². The maximum absolute atomic E-state index is 14.2. The molecule has 0 spiro atoms. The largest absolute Gasteiger partial charge is 0.383 e. The first kappa shape index (κ1) is 32.7. The maximum atomic E-state index is 14.2.